The van der Waals surface area contributed by atoms with Crippen LogP contribution in [0.25, 0.3) is 0 Å². The van der Waals surface area contributed by atoms with Crippen LogP contribution in [0.1, 0.15) is 40.0 Å². The van der Waals surface area contributed by atoms with E-state index in [1.54, 1.807) is 0 Å². The minimum absolute atomic E-state index is 0.306. The monoisotopic (exact) mass is 305 g/mol. The molecule has 5 heteroatoms. The lowest BCUT2D eigenvalue weighted by molar-refractivity contribution is 0.158. The molecule has 0 heterocycles. The maximum atomic E-state index is 6.52. The molecule has 0 bridgehead atoms. The third-order valence-electron chi connectivity index (χ3n) is 3.67. The van der Waals surface area contributed by atoms with Crippen LogP contribution in [0.15, 0.2) is 0 Å². The van der Waals surface area contributed by atoms with Crippen molar-refractivity contribution in [3.05, 3.63) is 0 Å². The molecule has 19 heavy (non-hydrogen) atoms. The standard InChI is InChI=1S/C14H35NO2Si2/c1-8-13(3)16-19(6,7)14(9-2)17-18(4,5)12-10-11-15/h13-14H,8-12,15H2,1-7H3. The molecule has 2 atom stereocenters. The van der Waals surface area contributed by atoms with Crippen molar-refractivity contribution in [3.8, 4) is 0 Å². The largest absolute Gasteiger partial charge is 0.415 e. The van der Waals surface area contributed by atoms with E-state index in [1.807, 2.05) is 0 Å². The normalized spacial score (nSPS) is 16.4. The van der Waals surface area contributed by atoms with Gasteiger partial charge >= 0.3 is 0 Å². The van der Waals surface area contributed by atoms with Crippen molar-refractivity contribution in [2.45, 2.75) is 84.1 Å². The highest BCUT2D eigenvalue weighted by Crippen LogP contribution is 2.25. The van der Waals surface area contributed by atoms with Crippen molar-refractivity contribution in [3.63, 3.8) is 0 Å². The lowest BCUT2D eigenvalue weighted by atomic mass is 10.3. The molecule has 0 fully saturated rings. The smallest absolute Gasteiger partial charge is 0.214 e. The van der Waals surface area contributed by atoms with Crippen molar-refractivity contribution in [2.75, 3.05) is 6.54 Å². The third kappa shape index (κ3) is 7.61. The molecule has 0 aromatic carbocycles. The van der Waals surface area contributed by atoms with E-state index in [2.05, 4.69) is 47.0 Å². The predicted octanol–water partition coefficient (Wildman–Crippen LogP) is 3.89. The van der Waals surface area contributed by atoms with E-state index in [0.717, 1.165) is 31.9 Å². The molecule has 0 aromatic heterocycles. The maximum absolute atomic E-state index is 6.52. The topological polar surface area (TPSA) is 44.5 Å². The molecule has 0 radical (unpaired) electrons. The van der Waals surface area contributed by atoms with Crippen LogP contribution >= 0.6 is 0 Å². The molecule has 0 aliphatic heterocycles. The molecule has 0 aliphatic rings. The van der Waals surface area contributed by atoms with E-state index in [1.165, 1.54) is 0 Å². The van der Waals surface area contributed by atoms with Crippen molar-refractivity contribution in [1.82, 2.24) is 0 Å². The average Bonchev–Trinajstić information content (AvgIpc) is 2.32. The van der Waals surface area contributed by atoms with Gasteiger partial charge in [-0.15, -0.1) is 0 Å². The van der Waals surface area contributed by atoms with Gasteiger partial charge in [-0.3, -0.25) is 0 Å². The molecule has 0 amide bonds. The maximum Gasteiger partial charge on any atom is 0.214 e. The number of nitrogens with two attached hydrogens (primary N) is 1. The number of hydrogen-bond acceptors (Lipinski definition) is 3. The Kier molecular flexibility index (Phi) is 8.71. The summed E-state index contributed by atoms with van der Waals surface area (Å²) in [5.74, 6) is 0. The van der Waals surface area contributed by atoms with E-state index in [0.29, 0.717) is 11.8 Å². The zero-order valence-electron chi connectivity index (χ0n) is 14.1. The summed E-state index contributed by atoms with van der Waals surface area (Å²) in [6, 6.07) is 1.15. The summed E-state index contributed by atoms with van der Waals surface area (Å²) in [6.07, 6.45) is 3.53. The van der Waals surface area contributed by atoms with Crippen molar-refractivity contribution < 1.29 is 8.85 Å². The summed E-state index contributed by atoms with van der Waals surface area (Å²) in [6.45, 7) is 16.5. The fourth-order valence-corrected chi connectivity index (χ4v) is 8.91. The Labute approximate surface area is 122 Å². The zero-order chi connectivity index (χ0) is 15.1. The highest BCUT2D eigenvalue weighted by atomic mass is 28.4. The predicted molar refractivity (Wildman–Crippen MR) is 89.4 cm³/mol. The Hall–Kier alpha value is 0.314. The quantitative estimate of drug-likeness (QED) is 0.623. The minimum atomic E-state index is -1.78. The van der Waals surface area contributed by atoms with Gasteiger partial charge in [0, 0.05) is 6.10 Å². The Bertz CT molecular complexity index is 248. The van der Waals surface area contributed by atoms with Crippen LogP contribution in [0, 0.1) is 0 Å². The average molecular weight is 306 g/mol. The molecule has 0 saturated heterocycles. The van der Waals surface area contributed by atoms with Gasteiger partial charge in [-0.1, -0.05) is 13.8 Å². The van der Waals surface area contributed by atoms with Gasteiger partial charge < -0.3 is 14.6 Å². The molecule has 0 saturated carbocycles. The molecule has 0 rings (SSSR count). The Morgan fingerprint density at radius 3 is 2.00 bits per heavy atom. The van der Waals surface area contributed by atoms with Gasteiger partial charge in [0.1, 0.15) is 0 Å². The zero-order valence-corrected chi connectivity index (χ0v) is 16.1. The Balaban J connectivity index is 4.62. The fraction of sp³-hybridized carbons (Fsp3) is 1.00. The van der Waals surface area contributed by atoms with E-state index in [4.69, 9.17) is 14.6 Å². The van der Waals surface area contributed by atoms with Crippen molar-refractivity contribution in [2.24, 2.45) is 5.73 Å². The third-order valence-corrected chi connectivity index (χ3v) is 9.47. The van der Waals surface area contributed by atoms with Gasteiger partial charge in [-0.05, 0) is 65.0 Å². The SMILES string of the molecule is CCC(C)O[Si](C)(C)C(CC)O[Si](C)(C)CCCN. The second-order valence-corrected chi connectivity index (χ2v) is 14.9. The van der Waals surface area contributed by atoms with E-state index >= 15 is 0 Å². The van der Waals surface area contributed by atoms with Crippen LogP contribution in [-0.4, -0.2) is 35.0 Å². The van der Waals surface area contributed by atoms with Gasteiger partial charge in [-0.2, -0.15) is 0 Å². The van der Waals surface area contributed by atoms with Crippen LogP contribution in [-0.2, 0) is 8.85 Å². The summed E-state index contributed by atoms with van der Waals surface area (Å²) in [5, 5.41) is 0. The lowest BCUT2D eigenvalue weighted by Gasteiger charge is -2.38. The minimum Gasteiger partial charge on any atom is -0.415 e. The molecule has 3 nitrogen and oxygen atoms in total. The van der Waals surface area contributed by atoms with Gasteiger partial charge in [0.25, 0.3) is 0 Å². The summed E-state index contributed by atoms with van der Waals surface area (Å²) in [7, 11) is -3.39. The lowest BCUT2D eigenvalue weighted by Crippen LogP contribution is -2.52. The van der Waals surface area contributed by atoms with E-state index in [-0.39, 0.29) is 0 Å². The van der Waals surface area contributed by atoms with Gasteiger partial charge in [0.15, 0.2) is 8.32 Å². The van der Waals surface area contributed by atoms with E-state index < -0.39 is 16.6 Å². The van der Waals surface area contributed by atoms with E-state index in [9.17, 15) is 0 Å². The molecule has 0 aliphatic carbocycles. The van der Waals surface area contributed by atoms with Gasteiger partial charge in [-0.25, -0.2) is 0 Å². The first-order valence-electron chi connectivity index (χ1n) is 7.74. The van der Waals surface area contributed by atoms with Crippen LogP contribution in [0.3, 0.4) is 0 Å². The Morgan fingerprint density at radius 1 is 1.00 bits per heavy atom. The van der Waals surface area contributed by atoms with Crippen LogP contribution in [0.2, 0.25) is 32.2 Å². The molecule has 0 spiro atoms. The molecule has 116 valence electrons. The first-order chi connectivity index (χ1) is 8.68. The van der Waals surface area contributed by atoms with Gasteiger partial charge in [0.2, 0.25) is 8.32 Å². The number of rotatable bonds is 10. The summed E-state index contributed by atoms with van der Waals surface area (Å²) < 4.78 is 12.8. The van der Waals surface area contributed by atoms with Crippen LogP contribution < -0.4 is 5.73 Å². The molecular formula is C14H35NO2Si2. The van der Waals surface area contributed by atoms with Gasteiger partial charge in [0.05, 0.1) is 5.73 Å². The van der Waals surface area contributed by atoms with Crippen LogP contribution in [0.5, 0.6) is 0 Å². The second-order valence-electron chi connectivity index (χ2n) is 6.61. The highest BCUT2D eigenvalue weighted by molar-refractivity contribution is 6.76. The first-order valence-corrected chi connectivity index (χ1v) is 13.8. The molecular weight excluding hydrogens is 270 g/mol. The molecule has 0 aromatic rings. The van der Waals surface area contributed by atoms with Crippen LogP contribution in [0.4, 0.5) is 0 Å². The first kappa shape index (κ1) is 19.3. The van der Waals surface area contributed by atoms with Crippen molar-refractivity contribution >= 4 is 16.6 Å². The summed E-state index contributed by atoms with van der Waals surface area (Å²) in [4.78, 5) is 0. The fourth-order valence-electron chi connectivity index (χ4n) is 2.37. The summed E-state index contributed by atoms with van der Waals surface area (Å²) >= 11 is 0. The second kappa shape index (κ2) is 8.57. The molecule has 2 N–H and O–H groups in total. The summed E-state index contributed by atoms with van der Waals surface area (Å²) in [5.41, 5.74) is 5.93. The van der Waals surface area contributed by atoms with Crippen molar-refractivity contribution in [1.29, 1.82) is 0 Å². The molecule has 2 unspecified atom stereocenters. The number of hydrogen-bond donors (Lipinski definition) is 1. The Morgan fingerprint density at radius 2 is 1.58 bits per heavy atom. The highest BCUT2D eigenvalue weighted by Gasteiger charge is 2.38.